The molecule has 10 rings (SSSR count). The maximum absolute atomic E-state index is 5.20. The molecule has 10 aromatic rings. The number of benzene rings is 7. The van der Waals surface area contributed by atoms with Crippen LogP contribution < -0.4 is 0 Å². The van der Waals surface area contributed by atoms with Crippen LogP contribution in [0, 0.1) is 0 Å². The Labute approximate surface area is 318 Å². The molecular weight excluding hydrogens is 671 g/mol. The first-order chi connectivity index (χ1) is 27.3. The minimum absolute atomic E-state index is 0.624. The molecule has 3 heterocycles. The predicted octanol–water partition coefficient (Wildman–Crippen LogP) is 12.4. The summed E-state index contributed by atoms with van der Waals surface area (Å²) in [6.07, 6.45) is 2.03. The van der Waals surface area contributed by atoms with Gasteiger partial charge in [0.05, 0.1) is 16.7 Å². The Bertz CT molecular complexity index is 2890. The van der Waals surface area contributed by atoms with Crippen LogP contribution >= 0.6 is 0 Å². The van der Waals surface area contributed by atoms with Crippen LogP contribution in [0.2, 0.25) is 0 Å². The zero-order chi connectivity index (χ0) is 36.6. The fourth-order valence-electron chi connectivity index (χ4n) is 7.48. The number of fused-ring (bicyclic) bond motifs is 3. The SMILES string of the molecule is c1ccc(-c2nc(-c3ccccc3)nc(-c3cccc(-c4ccc5c(c4)c4c(-c6ccccc6)ncc(-c6ccccc6)c4n5-c4ccccc4)c3)n2)cc1. The smallest absolute Gasteiger partial charge is 0.164 e. The van der Waals surface area contributed by atoms with Crippen molar-refractivity contribution in [2.45, 2.75) is 0 Å². The van der Waals surface area contributed by atoms with Gasteiger partial charge in [0.15, 0.2) is 17.5 Å². The largest absolute Gasteiger partial charge is 0.308 e. The van der Waals surface area contributed by atoms with Gasteiger partial charge in [-0.3, -0.25) is 4.98 Å². The van der Waals surface area contributed by atoms with E-state index < -0.39 is 0 Å². The first-order valence-electron chi connectivity index (χ1n) is 18.4. The molecule has 55 heavy (non-hydrogen) atoms. The average molecular weight is 704 g/mol. The third-order valence-corrected chi connectivity index (χ3v) is 10.1. The molecule has 0 radical (unpaired) electrons. The molecule has 258 valence electrons. The van der Waals surface area contributed by atoms with E-state index in [1.807, 2.05) is 66.9 Å². The van der Waals surface area contributed by atoms with Crippen molar-refractivity contribution >= 4 is 21.8 Å². The van der Waals surface area contributed by atoms with Gasteiger partial charge in [-0.1, -0.05) is 164 Å². The van der Waals surface area contributed by atoms with E-state index >= 15 is 0 Å². The van der Waals surface area contributed by atoms with E-state index in [0.717, 1.165) is 77.7 Å². The van der Waals surface area contributed by atoms with E-state index in [1.165, 1.54) is 0 Å². The highest BCUT2D eigenvalue weighted by Gasteiger charge is 2.22. The maximum atomic E-state index is 5.20. The summed E-state index contributed by atoms with van der Waals surface area (Å²) in [5.74, 6) is 1.90. The van der Waals surface area contributed by atoms with E-state index in [-0.39, 0.29) is 0 Å². The molecule has 0 unspecified atom stereocenters. The number of aromatic nitrogens is 5. The Morgan fingerprint density at radius 2 is 0.836 bits per heavy atom. The van der Waals surface area contributed by atoms with E-state index in [1.54, 1.807) is 0 Å². The topological polar surface area (TPSA) is 56.5 Å². The van der Waals surface area contributed by atoms with Gasteiger partial charge in [0, 0.05) is 50.5 Å². The lowest BCUT2D eigenvalue weighted by atomic mass is 9.97. The lowest BCUT2D eigenvalue weighted by Gasteiger charge is -2.13. The molecule has 0 aliphatic carbocycles. The number of rotatable bonds is 7. The van der Waals surface area contributed by atoms with Gasteiger partial charge in [0.2, 0.25) is 0 Å². The fraction of sp³-hybridized carbons (Fsp3) is 0. The molecule has 0 saturated heterocycles. The van der Waals surface area contributed by atoms with Crippen molar-refractivity contribution in [3.05, 3.63) is 200 Å². The lowest BCUT2D eigenvalue weighted by Crippen LogP contribution is -2.00. The predicted molar refractivity (Wildman–Crippen MR) is 225 cm³/mol. The molecule has 0 atom stereocenters. The monoisotopic (exact) mass is 703 g/mol. The quantitative estimate of drug-likeness (QED) is 0.166. The van der Waals surface area contributed by atoms with Crippen LogP contribution in [0.5, 0.6) is 0 Å². The molecule has 3 aromatic heterocycles. The molecule has 0 aliphatic rings. The van der Waals surface area contributed by atoms with Crippen molar-refractivity contribution in [2.75, 3.05) is 0 Å². The third kappa shape index (κ3) is 5.94. The highest BCUT2D eigenvalue weighted by molar-refractivity contribution is 6.19. The Kier molecular flexibility index (Phi) is 8.08. The molecule has 0 bridgehead atoms. The Morgan fingerprint density at radius 3 is 1.44 bits per heavy atom. The molecule has 0 spiro atoms. The zero-order valence-electron chi connectivity index (χ0n) is 29.8. The maximum Gasteiger partial charge on any atom is 0.164 e. The minimum Gasteiger partial charge on any atom is -0.308 e. The second kappa shape index (κ2) is 13.8. The van der Waals surface area contributed by atoms with Crippen molar-refractivity contribution in [2.24, 2.45) is 0 Å². The van der Waals surface area contributed by atoms with Gasteiger partial charge >= 0.3 is 0 Å². The van der Waals surface area contributed by atoms with Crippen molar-refractivity contribution in [1.29, 1.82) is 0 Å². The zero-order valence-corrected chi connectivity index (χ0v) is 29.8. The van der Waals surface area contributed by atoms with Gasteiger partial charge in [-0.2, -0.15) is 0 Å². The van der Waals surface area contributed by atoms with Gasteiger partial charge in [0.25, 0.3) is 0 Å². The van der Waals surface area contributed by atoms with Gasteiger partial charge in [-0.15, -0.1) is 0 Å². The minimum atomic E-state index is 0.624. The summed E-state index contributed by atoms with van der Waals surface area (Å²) in [5, 5.41) is 2.24. The normalized spacial score (nSPS) is 11.3. The molecular formula is C50H33N5. The van der Waals surface area contributed by atoms with E-state index in [2.05, 4.69) is 138 Å². The summed E-state index contributed by atoms with van der Waals surface area (Å²) in [7, 11) is 0. The third-order valence-electron chi connectivity index (χ3n) is 10.1. The van der Waals surface area contributed by atoms with E-state index in [4.69, 9.17) is 19.9 Å². The summed E-state index contributed by atoms with van der Waals surface area (Å²) in [6.45, 7) is 0. The van der Waals surface area contributed by atoms with E-state index in [0.29, 0.717) is 17.5 Å². The number of hydrogen-bond donors (Lipinski definition) is 0. The molecule has 0 N–H and O–H groups in total. The highest BCUT2D eigenvalue weighted by atomic mass is 15.0. The van der Waals surface area contributed by atoms with Gasteiger partial charge < -0.3 is 4.57 Å². The van der Waals surface area contributed by atoms with Crippen LogP contribution in [0.15, 0.2) is 200 Å². The van der Waals surface area contributed by atoms with Gasteiger partial charge in [-0.05, 0) is 47.0 Å². The molecule has 0 amide bonds. The average Bonchev–Trinajstić information content (AvgIpc) is 3.62. The van der Waals surface area contributed by atoms with Crippen molar-refractivity contribution < 1.29 is 0 Å². The fourth-order valence-corrected chi connectivity index (χ4v) is 7.48. The van der Waals surface area contributed by atoms with Gasteiger partial charge in [-0.25, -0.2) is 15.0 Å². The second-order valence-corrected chi connectivity index (χ2v) is 13.5. The summed E-state index contributed by atoms with van der Waals surface area (Å²) in [6, 6.07) is 67.1. The lowest BCUT2D eigenvalue weighted by molar-refractivity contribution is 1.07. The Hall–Kier alpha value is -7.50. The Morgan fingerprint density at radius 1 is 0.364 bits per heavy atom. The first kappa shape index (κ1) is 32.2. The first-order valence-corrected chi connectivity index (χ1v) is 18.4. The Balaban J connectivity index is 1.20. The second-order valence-electron chi connectivity index (χ2n) is 13.5. The van der Waals surface area contributed by atoms with Gasteiger partial charge in [0.1, 0.15) is 0 Å². The van der Waals surface area contributed by atoms with Crippen LogP contribution in [0.1, 0.15) is 0 Å². The number of hydrogen-bond acceptors (Lipinski definition) is 4. The number of pyridine rings is 1. The molecule has 0 saturated carbocycles. The van der Waals surface area contributed by atoms with E-state index in [9.17, 15) is 0 Å². The summed E-state index contributed by atoms with van der Waals surface area (Å²) in [4.78, 5) is 20.1. The molecule has 0 fully saturated rings. The summed E-state index contributed by atoms with van der Waals surface area (Å²) >= 11 is 0. The van der Waals surface area contributed by atoms with Crippen molar-refractivity contribution in [1.82, 2.24) is 24.5 Å². The summed E-state index contributed by atoms with van der Waals surface area (Å²) in [5.41, 5.74) is 12.5. The van der Waals surface area contributed by atoms with Crippen molar-refractivity contribution in [3.63, 3.8) is 0 Å². The molecule has 7 aromatic carbocycles. The number of nitrogens with zero attached hydrogens (tertiary/aromatic N) is 5. The van der Waals surface area contributed by atoms with Crippen LogP contribution in [0.25, 0.3) is 95.2 Å². The molecule has 0 aliphatic heterocycles. The van der Waals surface area contributed by atoms with Crippen LogP contribution in [0.3, 0.4) is 0 Å². The van der Waals surface area contributed by atoms with Crippen molar-refractivity contribution in [3.8, 4) is 73.4 Å². The number of para-hydroxylation sites is 1. The van der Waals surface area contributed by atoms with Crippen LogP contribution in [-0.4, -0.2) is 24.5 Å². The standard InChI is InChI=1S/C50H33N5/c1-6-17-34(18-7-1)43-33-51-46(35-19-8-2-9-20-35)45-42-32-39(29-30-44(42)55(47(43)45)41-27-14-5-15-28-41)38-25-16-26-40(31-38)50-53-48(36-21-10-3-11-22-36)52-49(54-50)37-23-12-4-13-24-37/h1-33H. The highest BCUT2D eigenvalue weighted by Crippen LogP contribution is 2.43. The van der Waals surface area contributed by atoms with Crippen LogP contribution in [-0.2, 0) is 0 Å². The molecule has 5 nitrogen and oxygen atoms in total. The van der Waals surface area contributed by atoms with Crippen LogP contribution in [0.4, 0.5) is 0 Å². The molecule has 5 heteroatoms. The summed E-state index contributed by atoms with van der Waals surface area (Å²) < 4.78 is 2.39.